The summed E-state index contributed by atoms with van der Waals surface area (Å²) in [6, 6.07) is 2.00. The van der Waals surface area contributed by atoms with Crippen LogP contribution in [0.3, 0.4) is 0 Å². The second kappa shape index (κ2) is 3.28. The lowest BCUT2D eigenvalue weighted by Gasteiger charge is -2.08. The van der Waals surface area contributed by atoms with Crippen molar-refractivity contribution in [3.8, 4) is 0 Å². The summed E-state index contributed by atoms with van der Waals surface area (Å²) in [5, 5.41) is 0.765. The predicted octanol–water partition coefficient (Wildman–Crippen LogP) is 2.75. The van der Waals surface area contributed by atoms with Gasteiger partial charge in [0.15, 0.2) is 0 Å². The van der Waals surface area contributed by atoms with Crippen molar-refractivity contribution in [2.24, 2.45) is 0 Å². The Kier molecular flexibility index (Phi) is 2.09. The molecule has 0 bridgehead atoms. The Morgan fingerprint density at radius 2 is 2.27 bits per heavy atom. The molecule has 15 heavy (non-hydrogen) atoms. The van der Waals surface area contributed by atoms with Gasteiger partial charge >= 0.3 is 0 Å². The van der Waals surface area contributed by atoms with Crippen LogP contribution in [-0.2, 0) is 0 Å². The highest BCUT2D eigenvalue weighted by Gasteiger charge is 2.13. The number of nitrogens with zero attached hydrogens (tertiary/aromatic N) is 3. The third-order valence-corrected chi connectivity index (χ3v) is 2.40. The standard InChI is InChI=1S/C11H12N4/c1-7(2)15-6-9(13-3)10-8(12)4-5-14-11(10)15/h4-7H,1-2H3,(H2,12,14). The van der Waals surface area contributed by atoms with Crippen molar-refractivity contribution in [1.29, 1.82) is 0 Å². The van der Waals surface area contributed by atoms with E-state index in [1.54, 1.807) is 12.3 Å². The molecule has 0 unspecified atom stereocenters. The quantitative estimate of drug-likeness (QED) is 0.719. The van der Waals surface area contributed by atoms with Gasteiger partial charge in [-0.3, -0.25) is 0 Å². The molecule has 0 radical (unpaired) electrons. The molecule has 2 aromatic heterocycles. The fourth-order valence-corrected chi connectivity index (χ4v) is 1.66. The molecule has 2 N–H and O–H groups in total. The summed E-state index contributed by atoms with van der Waals surface area (Å²) in [5.74, 6) is 0. The first-order valence-corrected chi connectivity index (χ1v) is 4.77. The highest BCUT2D eigenvalue weighted by atomic mass is 15.1. The summed E-state index contributed by atoms with van der Waals surface area (Å²) in [6.45, 7) is 11.2. The van der Waals surface area contributed by atoms with E-state index >= 15 is 0 Å². The third-order valence-electron chi connectivity index (χ3n) is 2.40. The highest BCUT2D eigenvalue weighted by molar-refractivity contribution is 6.00. The van der Waals surface area contributed by atoms with Gasteiger partial charge in [-0.05, 0) is 19.9 Å². The summed E-state index contributed by atoms with van der Waals surface area (Å²) in [7, 11) is 0. The van der Waals surface area contributed by atoms with Crippen molar-refractivity contribution in [3.05, 3.63) is 29.9 Å². The van der Waals surface area contributed by atoms with Crippen LogP contribution >= 0.6 is 0 Å². The minimum atomic E-state index is 0.275. The van der Waals surface area contributed by atoms with Gasteiger partial charge in [-0.15, -0.1) is 0 Å². The maximum absolute atomic E-state index is 7.11. The zero-order valence-corrected chi connectivity index (χ0v) is 8.73. The number of hydrogen-bond acceptors (Lipinski definition) is 2. The van der Waals surface area contributed by atoms with Gasteiger partial charge < -0.3 is 10.3 Å². The molecule has 0 aliphatic rings. The molecule has 2 rings (SSSR count). The normalized spacial score (nSPS) is 10.8. The van der Waals surface area contributed by atoms with E-state index in [1.165, 1.54) is 0 Å². The van der Waals surface area contributed by atoms with Crippen LogP contribution in [0, 0.1) is 6.57 Å². The molecule has 0 amide bonds. The minimum Gasteiger partial charge on any atom is -0.399 e. The zero-order chi connectivity index (χ0) is 11.0. The van der Waals surface area contributed by atoms with Gasteiger partial charge in [-0.25, -0.2) is 9.83 Å². The molecule has 0 aromatic carbocycles. The lowest BCUT2D eigenvalue weighted by atomic mass is 10.2. The molecule has 0 aliphatic heterocycles. The van der Waals surface area contributed by atoms with Gasteiger partial charge in [0, 0.05) is 29.5 Å². The van der Waals surface area contributed by atoms with E-state index in [2.05, 4.69) is 23.7 Å². The maximum Gasteiger partial charge on any atom is 0.215 e. The lowest BCUT2D eigenvalue weighted by molar-refractivity contribution is 0.618. The Bertz CT molecular complexity index is 545. The summed E-state index contributed by atoms with van der Waals surface area (Å²) in [5.41, 5.74) is 7.83. The van der Waals surface area contributed by atoms with Crippen molar-refractivity contribution in [2.75, 3.05) is 5.73 Å². The van der Waals surface area contributed by atoms with Crippen LogP contribution in [0.2, 0.25) is 0 Å². The summed E-state index contributed by atoms with van der Waals surface area (Å²) in [4.78, 5) is 7.74. The van der Waals surface area contributed by atoms with Gasteiger partial charge in [0.05, 0.1) is 6.57 Å². The molecule has 4 heteroatoms. The number of rotatable bonds is 1. The maximum atomic E-state index is 7.11. The van der Waals surface area contributed by atoms with Crippen LogP contribution in [0.25, 0.3) is 15.9 Å². The summed E-state index contributed by atoms with van der Waals surface area (Å²) in [6.07, 6.45) is 3.48. The minimum absolute atomic E-state index is 0.275. The topological polar surface area (TPSA) is 48.2 Å². The fourth-order valence-electron chi connectivity index (χ4n) is 1.66. The van der Waals surface area contributed by atoms with Gasteiger partial charge in [0.2, 0.25) is 5.69 Å². The predicted molar refractivity (Wildman–Crippen MR) is 60.8 cm³/mol. The van der Waals surface area contributed by atoms with Gasteiger partial charge in [-0.2, -0.15) is 0 Å². The number of anilines is 1. The van der Waals surface area contributed by atoms with Gasteiger partial charge in [0.25, 0.3) is 0 Å². The number of hydrogen-bond donors (Lipinski definition) is 1. The van der Waals surface area contributed by atoms with E-state index in [0.717, 1.165) is 11.0 Å². The smallest absolute Gasteiger partial charge is 0.215 e. The average Bonchev–Trinajstić information content (AvgIpc) is 2.58. The zero-order valence-electron chi connectivity index (χ0n) is 8.73. The SMILES string of the molecule is [C-]#[N+]c1cn(C(C)C)c2nccc(N)c12. The summed E-state index contributed by atoms with van der Waals surface area (Å²) >= 11 is 0. The molecule has 0 fully saturated rings. The molecule has 0 aliphatic carbocycles. The number of nitrogens with two attached hydrogens (primary N) is 1. The number of nitrogen functional groups attached to an aromatic ring is 1. The van der Waals surface area contributed by atoms with Gasteiger partial charge in [0.1, 0.15) is 5.65 Å². The molecule has 0 spiro atoms. The Labute approximate surface area is 88.2 Å². The Morgan fingerprint density at radius 1 is 1.53 bits per heavy atom. The fraction of sp³-hybridized carbons (Fsp3) is 0.273. The third kappa shape index (κ3) is 1.33. The van der Waals surface area contributed by atoms with E-state index in [4.69, 9.17) is 12.3 Å². The van der Waals surface area contributed by atoms with E-state index in [1.807, 2.05) is 10.8 Å². The number of pyridine rings is 1. The molecular weight excluding hydrogens is 188 g/mol. The molecule has 2 aromatic rings. The second-order valence-electron chi connectivity index (χ2n) is 3.73. The molecule has 2 heterocycles. The van der Waals surface area contributed by atoms with Crippen molar-refractivity contribution < 1.29 is 0 Å². The van der Waals surface area contributed by atoms with Crippen LogP contribution < -0.4 is 5.73 Å². The van der Waals surface area contributed by atoms with Crippen LogP contribution in [0.15, 0.2) is 18.5 Å². The van der Waals surface area contributed by atoms with E-state index in [9.17, 15) is 0 Å². The number of aromatic nitrogens is 2. The van der Waals surface area contributed by atoms with E-state index < -0.39 is 0 Å². The molecule has 76 valence electrons. The Hall–Kier alpha value is -2.02. The first kappa shape index (κ1) is 9.53. The second-order valence-corrected chi connectivity index (χ2v) is 3.73. The van der Waals surface area contributed by atoms with Gasteiger partial charge in [-0.1, -0.05) is 0 Å². The lowest BCUT2D eigenvalue weighted by Crippen LogP contribution is -1.99. The van der Waals surface area contributed by atoms with Crippen molar-refractivity contribution >= 4 is 22.4 Å². The molecule has 0 atom stereocenters. The average molecular weight is 200 g/mol. The molecule has 0 saturated carbocycles. The van der Waals surface area contributed by atoms with Crippen LogP contribution in [-0.4, -0.2) is 9.55 Å². The van der Waals surface area contributed by atoms with E-state index in [-0.39, 0.29) is 6.04 Å². The van der Waals surface area contributed by atoms with Crippen molar-refractivity contribution in [3.63, 3.8) is 0 Å². The van der Waals surface area contributed by atoms with Crippen molar-refractivity contribution in [2.45, 2.75) is 19.9 Å². The Morgan fingerprint density at radius 3 is 2.87 bits per heavy atom. The molecular formula is C11H12N4. The van der Waals surface area contributed by atoms with Crippen LogP contribution in [0.1, 0.15) is 19.9 Å². The van der Waals surface area contributed by atoms with Crippen LogP contribution in [0.4, 0.5) is 11.4 Å². The van der Waals surface area contributed by atoms with Crippen LogP contribution in [0.5, 0.6) is 0 Å². The van der Waals surface area contributed by atoms with Crippen molar-refractivity contribution in [1.82, 2.24) is 9.55 Å². The first-order valence-electron chi connectivity index (χ1n) is 4.77. The highest BCUT2D eigenvalue weighted by Crippen LogP contribution is 2.33. The Balaban J connectivity index is 2.89. The monoisotopic (exact) mass is 200 g/mol. The van der Waals surface area contributed by atoms with E-state index in [0.29, 0.717) is 11.4 Å². The molecule has 0 saturated heterocycles. The summed E-state index contributed by atoms with van der Waals surface area (Å²) < 4.78 is 1.97. The largest absolute Gasteiger partial charge is 0.399 e. The number of fused-ring (bicyclic) bond motifs is 1. The molecule has 4 nitrogen and oxygen atoms in total. The first-order chi connectivity index (χ1) is 7.15.